The lowest BCUT2D eigenvalue weighted by Crippen LogP contribution is -2.13. The van der Waals surface area contributed by atoms with Gasteiger partial charge in [0.05, 0.1) is 0 Å². The number of ether oxygens (including phenoxy) is 2. The number of hydrogen-bond acceptors (Lipinski definition) is 3. The molecule has 0 fully saturated rings. The van der Waals surface area contributed by atoms with Crippen LogP contribution in [0, 0.1) is 0 Å². The molecule has 3 aromatic rings. The first-order valence-electron chi connectivity index (χ1n) is 9.71. The SMILES string of the molecule is C=Cc1ccccc1.COC(C)Oc1ccc(C=CC=Cc2ccc(O)cc2)cc1. The number of aromatic hydroxyl groups is 1. The quantitative estimate of drug-likeness (QED) is 0.349. The van der Waals surface area contributed by atoms with Crippen molar-refractivity contribution < 1.29 is 14.6 Å². The third kappa shape index (κ3) is 8.63. The second-order valence-corrected chi connectivity index (χ2v) is 6.41. The van der Waals surface area contributed by atoms with Gasteiger partial charge in [-0.1, -0.05) is 91.6 Å². The molecular weight excluding hydrogens is 372 g/mol. The molecule has 3 nitrogen and oxygen atoms in total. The molecule has 0 saturated heterocycles. The van der Waals surface area contributed by atoms with Crippen molar-refractivity contribution in [1.82, 2.24) is 0 Å². The number of methoxy groups -OCH3 is 1. The van der Waals surface area contributed by atoms with Crippen LogP contribution >= 0.6 is 0 Å². The molecule has 0 amide bonds. The monoisotopic (exact) mass is 400 g/mol. The Kier molecular flexibility index (Phi) is 9.71. The Labute approximate surface area is 179 Å². The third-order valence-electron chi connectivity index (χ3n) is 4.13. The van der Waals surface area contributed by atoms with Crippen molar-refractivity contribution in [2.24, 2.45) is 0 Å². The van der Waals surface area contributed by atoms with E-state index in [1.54, 1.807) is 19.2 Å². The maximum absolute atomic E-state index is 9.21. The molecule has 0 aliphatic rings. The summed E-state index contributed by atoms with van der Waals surface area (Å²) in [6.07, 6.45) is 9.51. The number of benzene rings is 3. The maximum atomic E-state index is 9.21. The molecule has 0 aliphatic carbocycles. The van der Waals surface area contributed by atoms with Crippen molar-refractivity contribution in [3.8, 4) is 11.5 Å². The molecule has 0 heterocycles. The van der Waals surface area contributed by atoms with E-state index in [4.69, 9.17) is 9.47 Å². The minimum absolute atomic E-state index is 0.255. The molecule has 0 saturated carbocycles. The smallest absolute Gasteiger partial charge is 0.196 e. The van der Waals surface area contributed by atoms with Gasteiger partial charge in [-0.3, -0.25) is 0 Å². The van der Waals surface area contributed by atoms with Crippen LogP contribution in [0.4, 0.5) is 0 Å². The highest BCUT2D eigenvalue weighted by Crippen LogP contribution is 2.15. The van der Waals surface area contributed by atoms with E-state index >= 15 is 0 Å². The van der Waals surface area contributed by atoms with Gasteiger partial charge in [0.1, 0.15) is 11.5 Å². The average Bonchev–Trinajstić information content (AvgIpc) is 2.80. The summed E-state index contributed by atoms with van der Waals surface area (Å²) >= 11 is 0. The molecule has 0 bridgehead atoms. The van der Waals surface area contributed by atoms with Crippen LogP contribution in [-0.4, -0.2) is 18.5 Å². The molecule has 3 rings (SSSR count). The summed E-state index contributed by atoms with van der Waals surface area (Å²) in [4.78, 5) is 0. The van der Waals surface area contributed by atoms with Gasteiger partial charge in [-0.05, 0) is 47.9 Å². The Morgan fingerprint density at radius 3 is 1.77 bits per heavy atom. The molecule has 3 aromatic carbocycles. The summed E-state index contributed by atoms with van der Waals surface area (Å²) in [7, 11) is 1.61. The lowest BCUT2D eigenvalue weighted by atomic mass is 10.2. The van der Waals surface area contributed by atoms with E-state index in [1.165, 1.54) is 5.56 Å². The maximum Gasteiger partial charge on any atom is 0.196 e. The van der Waals surface area contributed by atoms with Crippen molar-refractivity contribution in [2.45, 2.75) is 13.2 Å². The number of allylic oxidation sites excluding steroid dienone is 2. The first kappa shape index (κ1) is 22.7. The number of hydrogen-bond donors (Lipinski definition) is 1. The largest absolute Gasteiger partial charge is 0.508 e. The number of phenols is 1. The van der Waals surface area contributed by atoms with Gasteiger partial charge in [-0.25, -0.2) is 0 Å². The summed E-state index contributed by atoms with van der Waals surface area (Å²) in [5.41, 5.74) is 3.31. The van der Waals surface area contributed by atoms with Crippen LogP contribution in [0.1, 0.15) is 23.6 Å². The van der Waals surface area contributed by atoms with Crippen LogP contribution in [-0.2, 0) is 4.74 Å². The zero-order valence-electron chi connectivity index (χ0n) is 17.4. The van der Waals surface area contributed by atoms with Crippen LogP contribution < -0.4 is 4.74 Å². The average molecular weight is 401 g/mol. The summed E-state index contributed by atoms with van der Waals surface area (Å²) < 4.78 is 10.6. The van der Waals surface area contributed by atoms with Gasteiger partial charge in [0, 0.05) is 7.11 Å². The number of phenolic OH excluding ortho intramolecular Hbond substituents is 1. The van der Waals surface area contributed by atoms with Crippen molar-refractivity contribution in [3.63, 3.8) is 0 Å². The molecule has 0 spiro atoms. The highest BCUT2D eigenvalue weighted by atomic mass is 16.7. The van der Waals surface area contributed by atoms with E-state index in [0.29, 0.717) is 0 Å². The highest BCUT2D eigenvalue weighted by Gasteiger charge is 2.00. The third-order valence-corrected chi connectivity index (χ3v) is 4.13. The molecule has 1 unspecified atom stereocenters. The van der Waals surface area contributed by atoms with Crippen LogP contribution in [0.25, 0.3) is 18.2 Å². The van der Waals surface area contributed by atoms with Crippen LogP contribution in [0.3, 0.4) is 0 Å². The summed E-state index contributed by atoms with van der Waals surface area (Å²) in [6, 6.07) is 24.9. The Morgan fingerprint density at radius 2 is 1.30 bits per heavy atom. The van der Waals surface area contributed by atoms with Gasteiger partial charge in [-0.15, -0.1) is 0 Å². The molecular formula is C27H28O3. The second kappa shape index (κ2) is 12.8. The molecule has 0 aromatic heterocycles. The molecule has 0 radical (unpaired) electrons. The van der Waals surface area contributed by atoms with Crippen LogP contribution in [0.15, 0.2) is 97.6 Å². The molecule has 3 heteroatoms. The van der Waals surface area contributed by atoms with Gasteiger partial charge in [0.25, 0.3) is 0 Å². The van der Waals surface area contributed by atoms with Crippen molar-refractivity contribution in [1.29, 1.82) is 0 Å². The van der Waals surface area contributed by atoms with E-state index in [-0.39, 0.29) is 12.0 Å². The van der Waals surface area contributed by atoms with Crippen LogP contribution in [0.5, 0.6) is 11.5 Å². The van der Waals surface area contributed by atoms with Gasteiger partial charge in [-0.2, -0.15) is 0 Å². The second-order valence-electron chi connectivity index (χ2n) is 6.41. The van der Waals surface area contributed by atoms with E-state index < -0.39 is 0 Å². The number of rotatable bonds is 7. The van der Waals surface area contributed by atoms with E-state index in [9.17, 15) is 5.11 Å². The highest BCUT2D eigenvalue weighted by molar-refractivity contribution is 5.58. The molecule has 1 atom stereocenters. The zero-order chi connectivity index (χ0) is 21.6. The Morgan fingerprint density at radius 1 is 0.767 bits per heavy atom. The van der Waals surface area contributed by atoms with E-state index in [1.807, 2.05) is 104 Å². The Bertz CT molecular complexity index is 924. The van der Waals surface area contributed by atoms with Crippen molar-refractivity contribution >= 4 is 18.2 Å². The molecule has 154 valence electrons. The predicted molar refractivity (Wildman–Crippen MR) is 126 cm³/mol. The van der Waals surface area contributed by atoms with Gasteiger partial charge in [0.2, 0.25) is 0 Å². The minimum Gasteiger partial charge on any atom is -0.508 e. The Hall–Kier alpha value is -3.56. The first-order valence-corrected chi connectivity index (χ1v) is 9.71. The summed E-state index contributed by atoms with van der Waals surface area (Å²) in [5.74, 6) is 1.06. The topological polar surface area (TPSA) is 38.7 Å². The fraction of sp³-hybridized carbons (Fsp3) is 0.111. The normalized spacial score (nSPS) is 11.7. The fourth-order valence-electron chi connectivity index (χ4n) is 2.41. The Balaban J connectivity index is 0.000000335. The first-order chi connectivity index (χ1) is 14.6. The van der Waals surface area contributed by atoms with Gasteiger partial charge >= 0.3 is 0 Å². The molecule has 1 N–H and O–H groups in total. The lowest BCUT2D eigenvalue weighted by Gasteiger charge is -2.12. The van der Waals surface area contributed by atoms with Gasteiger partial charge in [0.15, 0.2) is 6.29 Å². The minimum atomic E-state index is -0.255. The molecule has 0 aliphatic heterocycles. The van der Waals surface area contributed by atoms with E-state index in [2.05, 4.69) is 6.58 Å². The van der Waals surface area contributed by atoms with E-state index in [0.717, 1.165) is 16.9 Å². The van der Waals surface area contributed by atoms with Crippen molar-refractivity contribution in [2.75, 3.05) is 7.11 Å². The van der Waals surface area contributed by atoms with Crippen LogP contribution in [0.2, 0.25) is 0 Å². The summed E-state index contributed by atoms with van der Waals surface area (Å²) in [5, 5.41) is 9.21. The standard InChI is InChI=1S/C19H20O3.C8H8/c1-15(21-2)22-19-13-9-17(10-14-19)6-4-3-5-16-7-11-18(20)12-8-16;1-2-8-6-4-3-5-7-8/h3-15,20H,1-2H3;2-7H,1H2. The van der Waals surface area contributed by atoms with Crippen molar-refractivity contribution in [3.05, 3.63) is 114 Å². The predicted octanol–water partition coefficient (Wildman–Crippen LogP) is 6.82. The molecule has 30 heavy (non-hydrogen) atoms. The summed E-state index contributed by atoms with van der Waals surface area (Å²) in [6.45, 7) is 5.48. The lowest BCUT2D eigenvalue weighted by molar-refractivity contribution is -0.0382. The van der Waals surface area contributed by atoms with Gasteiger partial charge < -0.3 is 14.6 Å². The fourth-order valence-corrected chi connectivity index (χ4v) is 2.41. The zero-order valence-corrected chi connectivity index (χ0v) is 17.4.